The van der Waals surface area contributed by atoms with E-state index in [0.29, 0.717) is 17.2 Å². The standard InChI is InChI=1S/C18H32N6O/c1-18(2)9-7-14(8-10-18)12-16(25)24-11-5-6-15(24)13-22(3)17-19-20-21-23(17)4/h14-15H,5-13H2,1-4H3. The Morgan fingerprint density at radius 2 is 2.00 bits per heavy atom. The molecule has 0 spiro atoms. The maximum absolute atomic E-state index is 12.9. The number of anilines is 1. The van der Waals surface area contributed by atoms with Crippen LogP contribution in [0.15, 0.2) is 0 Å². The monoisotopic (exact) mass is 348 g/mol. The van der Waals surface area contributed by atoms with Crippen LogP contribution in [0.3, 0.4) is 0 Å². The Morgan fingerprint density at radius 3 is 2.64 bits per heavy atom. The minimum atomic E-state index is 0.272. The summed E-state index contributed by atoms with van der Waals surface area (Å²) < 4.78 is 1.67. The van der Waals surface area contributed by atoms with Gasteiger partial charge in [-0.05, 0) is 60.3 Å². The zero-order valence-corrected chi connectivity index (χ0v) is 16.1. The number of tetrazole rings is 1. The molecular weight excluding hydrogens is 316 g/mol. The second-order valence-corrected chi connectivity index (χ2v) is 8.68. The fraction of sp³-hybridized carbons (Fsp3) is 0.889. The van der Waals surface area contributed by atoms with Gasteiger partial charge in [-0.15, -0.1) is 0 Å². The molecule has 1 atom stereocenters. The van der Waals surface area contributed by atoms with E-state index >= 15 is 0 Å². The van der Waals surface area contributed by atoms with Gasteiger partial charge in [-0.25, -0.2) is 4.68 Å². The second-order valence-electron chi connectivity index (χ2n) is 8.68. The van der Waals surface area contributed by atoms with Crippen molar-refractivity contribution in [2.45, 2.75) is 64.8 Å². The van der Waals surface area contributed by atoms with E-state index in [4.69, 9.17) is 0 Å². The van der Waals surface area contributed by atoms with Gasteiger partial charge < -0.3 is 9.80 Å². The van der Waals surface area contributed by atoms with Crippen LogP contribution in [-0.4, -0.2) is 57.2 Å². The van der Waals surface area contributed by atoms with Gasteiger partial charge in [-0.3, -0.25) is 4.79 Å². The topological polar surface area (TPSA) is 67.2 Å². The quantitative estimate of drug-likeness (QED) is 0.816. The Kier molecular flexibility index (Phi) is 5.29. The highest BCUT2D eigenvalue weighted by atomic mass is 16.2. The Bertz CT molecular complexity index is 588. The van der Waals surface area contributed by atoms with Crippen molar-refractivity contribution in [3.8, 4) is 0 Å². The molecule has 25 heavy (non-hydrogen) atoms. The van der Waals surface area contributed by atoms with Crippen molar-refractivity contribution in [1.29, 1.82) is 0 Å². The average molecular weight is 348 g/mol. The van der Waals surface area contributed by atoms with Crippen molar-refractivity contribution in [2.24, 2.45) is 18.4 Å². The maximum Gasteiger partial charge on any atom is 0.245 e. The van der Waals surface area contributed by atoms with E-state index in [0.717, 1.165) is 38.3 Å². The highest BCUT2D eigenvalue weighted by Gasteiger charge is 2.33. The number of hydrogen-bond acceptors (Lipinski definition) is 5. The molecular formula is C18H32N6O. The molecule has 1 unspecified atom stereocenters. The molecule has 2 heterocycles. The minimum Gasteiger partial charge on any atom is -0.341 e. The molecule has 7 nitrogen and oxygen atoms in total. The third-order valence-electron chi connectivity index (χ3n) is 6.04. The highest BCUT2D eigenvalue weighted by Crippen LogP contribution is 2.39. The first-order valence-corrected chi connectivity index (χ1v) is 9.59. The predicted octanol–water partition coefficient (Wildman–Crippen LogP) is 2.24. The third-order valence-corrected chi connectivity index (χ3v) is 6.04. The van der Waals surface area contributed by atoms with Gasteiger partial charge in [0, 0.05) is 39.6 Å². The molecule has 140 valence electrons. The molecule has 1 amide bonds. The van der Waals surface area contributed by atoms with Crippen molar-refractivity contribution in [1.82, 2.24) is 25.1 Å². The summed E-state index contributed by atoms with van der Waals surface area (Å²) in [4.78, 5) is 17.0. The van der Waals surface area contributed by atoms with Crippen molar-refractivity contribution in [3.05, 3.63) is 0 Å². The minimum absolute atomic E-state index is 0.272. The first-order valence-electron chi connectivity index (χ1n) is 9.59. The van der Waals surface area contributed by atoms with Crippen LogP contribution >= 0.6 is 0 Å². The fourth-order valence-corrected chi connectivity index (χ4v) is 4.33. The molecule has 7 heteroatoms. The summed E-state index contributed by atoms with van der Waals surface area (Å²) in [5, 5.41) is 11.6. The summed E-state index contributed by atoms with van der Waals surface area (Å²) in [6, 6.07) is 0.272. The van der Waals surface area contributed by atoms with Crippen LogP contribution in [-0.2, 0) is 11.8 Å². The lowest BCUT2D eigenvalue weighted by molar-refractivity contribution is -0.133. The summed E-state index contributed by atoms with van der Waals surface area (Å²) in [5.74, 6) is 1.66. The van der Waals surface area contributed by atoms with E-state index in [9.17, 15) is 4.79 Å². The van der Waals surface area contributed by atoms with E-state index in [1.807, 2.05) is 14.1 Å². The van der Waals surface area contributed by atoms with Crippen molar-refractivity contribution in [2.75, 3.05) is 25.0 Å². The fourth-order valence-electron chi connectivity index (χ4n) is 4.33. The van der Waals surface area contributed by atoms with Gasteiger partial charge in [0.2, 0.25) is 11.9 Å². The zero-order valence-electron chi connectivity index (χ0n) is 16.1. The molecule has 2 fully saturated rings. The van der Waals surface area contributed by atoms with Crippen LogP contribution in [0, 0.1) is 11.3 Å². The zero-order chi connectivity index (χ0) is 18.0. The van der Waals surface area contributed by atoms with Crippen LogP contribution in [0.2, 0.25) is 0 Å². The third kappa shape index (κ3) is 4.30. The number of amides is 1. The molecule has 0 radical (unpaired) electrons. The summed E-state index contributed by atoms with van der Waals surface area (Å²) in [7, 11) is 3.84. The van der Waals surface area contributed by atoms with Gasteiger partial charge in [0.05, 0.1) is 0 Å². The molecule has 1 aliphatic heterocycles. The van der Waals surface area contributed by atoms with E-state index in [1.54, 1.807) is 4.68 Å². The Balaban J connectivity index is 1.54. The van der Waals surface area contributed by atoms with Crippen molar-refractivity contribution in [3.63, 3.8) is 0 Å². The Hall–Kier alpha value is -1.66. The van der Waals surface area contributed by atoms with E-state index in [-0.39, 0.29) is 6.04 Å². The molecule has 0 N–H and O–H groups in total. The predicted molar refractivity (Wildman–Crippen MR) is 97.2 cm³/mol. The summed E-state index contributed by atoms with van der Waals surface area (Å²) in [5.41, 5.74) is 0.461. The van der Waals surface area contributed by atoms with Crippen molar-refractivity contribution >= 4 is 11.9 Å². The van der Waals surface area contributed by atoms with Gasteiger partial charge >= 0.3 is 0 Å². The average Bonchev–Trinajstić information content (AvgIpc) is 3.18. The lowest BCUT2D eigenvalue weighted by atomic mass is 9.72. The van der Waals surface area contributed by atoms with E-state index < -0.39 is 0 Å². The first-order chi connectivity index (χ1) is 11.9. The van der Waals surface area contributed by atoms with Crippen LogP contribution in [0.5, 0.6) is 0 Å². The lowest BCUT2D eigenvalue weighted by Crippen LogP contribution is -2.43. The number of carbonyl (C=O) groups excluding carboxylic acids is 1. The van der Waals surface area contributed by atoms with Gasteiger partial charge in [0.1, 0.15) is 0 Å². The SMILES string of the molecule is CN(CC1CCCN1C(=O)CC1CCC(C)(C)CC1)c1nnnn1C. The number of rotatable bonds is 5. The maximum atomic E-state index is 12.9. The number of likely N-dealkylation sites (N-methyl/N-ethyl adjacent to an activating group) is 1. The molecule has 1 saturated carbocycles. The summed E-state index contributed by atoms with van der Waals surface area (Å²) >= 11 is 0. The van der Waals surface area contributed by atoms with E-state index in [1.165, 1.54) is 25.7 Å². The van der Waals surface area contributed by atoms with Crippen LogP contribution in [0.4, 0.5) is 5.95 Å². The van der Waals surface area contributed by atoms with Crippen molar-refractivity contribution < 1.29 is 4.79 Å². The Morgan fingerprint density at radius 1 is 1.28 bits per heavy atom. The molecule has 3 rings (SSSR count). The van der Waals surface area contributed by atoms with Gasteiger partial charge in [0.25, 0.3) is 0 Å². The molecule has 1 aromatic heterocycles. The van der Waals surface area contributed by atoms with Crippen LogP contribution in [0.25, 0.3) is 0 Å². The highest BCUT2D eigenvalue weighted by molar-refractivity contribution is 5.77. The normalized spacial score (nSPS) is 23.8. The summed E-state index contributed by atoms with van der Waals surface area (Å²) in [6.45, 7) is 6.38. The van der Waals surface area contributed by atoms with Crippen LogP contribution in [0.1, 0.15) is 58.8 Å². The smallest absolute Gasteiger partial charge is 0.245 e. The number of carbonyl (C=O) groups is 1. The molecule has 0 aromatic carbocycles. The number of likely N-dealkylation sites (tertiary alicyclic amines) is 1. The van der Waals surface area contributed by atoms with E-state index in [2.05, 4.69) is 39.2 Å². The molecule has 0 bridgehead atoms. The van der Waals surface area contributed by atoms with Gasteiger partial charge in [0.15, 0.2) is 0 Å². The molecule has 1 aliphatic carbocycles. The largest absolute Gasteiger partial charge is 0.341 e. The van der Waals surface area contributed by atoms with Crippen LogP contribution < -0.4 is 4.90 Å². The summed E-state index contributed by atoms with van der Waals surface area (Å²) in [6.07, 6.45) is 7.77. The Labute approximate surface area is 150 Å². The van der Waals surface area contributed by atoms with Gasteiger partial charge in [-0.1, -0.05) is 18.9 Å². The van der Waals surface area contributed by atoms with Gasteiger partial charge in [-0.2, -0.15) is 0 Å². The number of hydrogen-bond donors (Lipinski definition) is 0. The lowest BCUT2D eigenvalue weighted by Gasteiger charge is -2.35. The molecule has 1 saturated heterocycles. The second kappa shape index (κ2) is 7.30. The number of nitrogens with zero attached hydrogens (tertiary/aromatic N) is 6. The number of aryl methyl sites for hydroxylation is 1. The first kappa shape index (κ1) is 18.1. The molecule has 2 aliphatic rings. The number of aromatic nitrogens is 4. The molecule has 1 aromatic rings.